The molecular weight excluding hydrogens is 601 g/mol. The van der Waals surface area contributed by atoms with E-state index < -0.39 is 0 Å². The fraction of sp³-hybridized carbons (Fsp3) is 0. The van der Waals surface area contributed by atoms with Crippen molar-refractivity contribution in [3.8, 4) is 44.5 Å². The molecule has 0 fully saturated rings. The fourth-order valence-corrected chi connectivity index (χ4v) is 8.08. The Bertz CT molecular complexity index is 2850. The summed E-state index contributed by atoms with van der Waals surface area (Å²) in [4.78, 5) is 0. The van der Waals surface area contributed by atoms with E-state index in [0.717, 1.165) is 0 Å². The molecule has 0 radical (unpaired) electrons. The number of hydrogen-bond acceptors (Lipinski definition) is 0. The molecule has 0 N–H and O–H groups in total. The predicted octanol–water partition coefficient (Wildman–Crippen LogP) is 14.1. The van der Waals surface area contributed by atoms with Crippen LogP contribution in [0.5, 0.6) is 0 Å². The van der Waals surface area contributed by atoms with Crippen LogP contribution >= 0.6 is 0 Å². The lowest BCUT2D eigenvalue weighted by molar-refractivity contribution is 1.62. The van der Waals surface area contributed by atoms with E-state index in [9.17, 15) is 0 Å². The van der Waals surface area contributed by atoms with Crippen LogP contribution in [0.1, 0.15) is 0 Å². The van der Waals surface area contributed by atoms with Gasteiger partial charge >= 0.3 is 0 Å². The van der Waals surface area contributed by atoms with Gasteiger partial charge in [0.2, 0.25) is 0 Å². The maximum absolute atomic E-state index is 2.39. The van der Waals surface area contributed by atoms with Gasteiger partial charge in [-0.05, 0) is 117 Å². The number of benzene rings is 10. The second-order valence-electron chi connectivity index (χ2n) is 13.3. The summed E-state index contributed by atoms with van der Waals surface area (Å²) in [6, 6.07) is 71.3. The minimum atomic E-state index is 1.22. The summed E-state index contributed by atoms with van der Waals surface area (Å²) >= 11 is 0. The van der Waals surface area contributed by atoms with Crippen LogP contribution in [0, 0.1) is 0 Å². The third-order valence-corrected chi connectivity index (χ3v) is 10.4. The van der Waals surface area contributed by atoms with Gasteiger partial charge in [0.15, 0.2) is 0 Å². The highest BCUT2D eigenvalue weighted by Crippen LogP contribution is 2.45. The Kier molecular flexibility index (Phi) is 6.60. The van der Waals surface area contributed by atoms with Crippen molar-refractivity contribution in [3.05, 3.63) is 194 Å². The van der Waals surface area contributed by atoms with E-state index >= 15 is 0 Å². The summed E-state index contributed by atoms with van der Waals surface area (Å²) in [5.41, 5.74) is 9.96. The van der Waals surface area contributed by atoms with Crippen molar-refractivity contribution in [1.82, 2.24) is 0 Å². The monoisotopic (exact) mass is 632 g/mol. The molecule has 0 saturated heterocycles. The number of hydrogen-bond donors (Lipinski definition) is 0. The van der Waals surface area contributed by atoms with E-state index in [1.807, 2.05) is 0 Å². The molecule has 0 aromatic heterocycles. The van der Waals surface area contributed by atoms with Gasteiger partial charge in [-0.1, -0.05) is 176 Å². The Morgan fingerprint density at radius 3 is 1.36 bits per heavy atom. The molecule has 0 aliphatic heterocycles. The van der Waals surface area contributed by atoms with Crippen LogP contribution in [0.25, 0.3) is 98.4 Å². The zero-order valence-corrected chi connectivity index (χ0v) is 27.5. The summed E-state index contributed by atoms with van der Waals surface area (Å²) in [5.74, 6) is 0. The lowest BCUT2D eigenvalue weighted by atomic mass is 9.85. The molecule has 0 atom stereocenters. The van der Waals surface area contributed by atoms with Gasteiger partial charge in [-0.25, -0.2) is 0 Å². The first-order chi connectivity index (χ1) is 24.8. The van der Waals surface area contributed by atoms with Crippen LogP contribution < -0.4 is 0 Å². The van der Waals surface area contributed by atoms with Gasteiger partial charge < -0.3 is 0 Å². The van der Waals surface area contributed by atoms with Crippen LogP contribution in [-0.4, -0.2) is 0 Å². The molecule has 0 amide bonds. The van der Waals surface area contributed by atoms with Crippen molar-refractivity contribution < 1.29 is 0 Å². The first-order valence-electron chi connectivity index (χ1n) is 17.3. The van der Waals surface area contributed by atoms with E-state index in [-0.39, 0.29) is 0 Å². The summed E-state index contributed by atoms with van der Waals surface area (Å²) in [6.07, 6.45) is 0. The van der Waals surface area contributed by atoms with E-state index in [4.69, 9.17) is 0 Å². The SMILES string of the molecule is c1cc(-c2c3ccccc3c(-c3ccc(-c4ccc5ccccc5c4)cc3)c3ccccc23)cc(-c2cc3ccccc3c3ccccc23)c1. The Morgan fingerprint density at radius 1 is 0.200 bits per heavy atom. The average molecular weight is 633 g/mol. The summed E-state index contributed by atoms with van der Waals surface area (Å²) in [5, 5.41) is 12.7. The molecule has 0 unspecified atom stereocenters. The van der Waals surface area contributed by atoms with E-state index in [1.54, 1.807) is 0 Å². The Labute approximate surface area is 291 Å². The highest BCUT2D eigenvalue weighted by molar-refractivity contribution is 6.22. The van der Waals surface area contributed by atoms with Gasteiger partial charge in [0.1, 0.15) is 0 Å². The molecule has 0 saturated carbocycles. The Hall–Kier alpha value is -6.50. The second kappa shape index (κ2) is 11.6. The summed E-state index contributed by atoms with van der Waals surface area (Å²) in [6.45, 7) is 0. The van der Waals surface area contributed by atoms with Crippen molar-refractivity contribution in [1.29, 1.82) is 0 Å². The van der Waals surface area contributed by atoms with Crippen LogP contribution in [0.2, 0.25) is 0 Å². The van der Waals surface area contributed by atoms with Crippen molar-refractivity contribution in [2.45, 2.75) is 0 Å². The third-order valence-electron chi connectivity index (χ3n) is 10.4. The minimum Gasteiger partial charge on any atom is -0.0616 e. The molecule has 10 aromatic rings. The summed E-state index contributed by atoms with van der Waals surface area (Å²) < 4.78 is 0. The van der Waals surface area contributed by atoms with E-state index in [2.05, 4.69) is 194 Å². The highest BCUT2D eigenvalue weighted by Gasteiger charge is 2.18. The zero-order valence-electron chi connectivity index (χ0n) is 27.5. The van der Waals surface area contributed by atoms with Crippen molar-refractivity contribution in [2.24, 2.45) is 0 Å². The first-order valence-corrected chi connectivity index (χ1v) is 17.3. The Morgan fingerprint density at radius 2 is 0.680 bits per heavy atom. The normalized spacial score (nSPS) is 11.6. The quantitative estimate of drug-likeness (QED) is 0.134. The molecule has 0 spiro atoms. The van der Waals surface area contributed by atoms with Gasteiger partial charge in [0.25, 0.3) is 0 Å². The third kappa shape index (κ3) is 4.61. The van der Waals surface area contributed by atoms with Crippen LogP contribution in [-0.2, 0) is 0 Å². The molecule has 10 aromatic carbocycles. The molecular formula is C50H32. The lowest BCUT2D eigenvalue weighted by Crippen LogP contribution is -1.91. The predicted molar refractivity (Wildman–Crippen MR) is 216 cm³/mol. The van der Waals surface area contributed by atoms with Crippen LogP contribution in [0.3, 0.4) is 0 Å². The summed E-state index contributed by atoms with van der Waals surface area (Å²) in [7, 11) is 0. The molecule has 0 aliphatic carbocycles. The fourth-order valence-electron chi connectivity index (χ4n) is 8.08. The largest absolute Gasteiger partial charge is 0.0616 e. The van der Waals surface area contributed by atoms with Gasteiger partial charge in [0.05, 0.1) is 0 Å². The van der Waals surface area contributed by atoms with E-state index in [1.165, 1.54) is 98.4 Å². The number of fused-ring (bicyclic) bond motifs is 6. The maximum atomic E-state index is 2.39. The van der Waals surface area contributed by atoms with Gasteiger partial charge in [-0.3, -0.25) is 0 Å². The molecule has 0 heterocycles. The van der Waals surface area contributed by atoms with Crippen LogP contribution in [0.4, 0.5) is 0 Å². The molecule has 0 nitrogen and oxygen atoms in total. The molecule has 10 rings (SSSR count). The standard InChI is InChI=1S/C50H32/c1-2-13-36-30-37(29-26-33(36)12-1)34-24-27-35(28-25-34)49-44-20-7-9-22-46(44)50(47-23-10-8-21-45(47)49)40-16-11-15-38(31-40)48-32-39-14-3-4-17-41(39)42-18-5-6-19-43(42)48/h1-32H. The molecule has 232 valence electrons. The molecule has 0 heteroatoms. The number of rotatable bonds is 4. The molecule has 50 heavy (non-hydrogen) atoms. The smallest absolute Gasteiger partial charge is 0.00262 e. The van der Waals surface area contributed by atoms with E-state index in [0.29, 0.717) is 0 Å². The highest BCUT2D eigenvalue weighted by atomic mass is 14.2. The second-order valence-corrected chi connectivity index (χ2v) is 13.3. The van der Waals surface area contributed by atoms with Gasteiger partial charge in [0, 0.05) is 0 Å². The zero-order chi connectivity index (χ0) is 33.0. The van der Waals surface area contributed by atoms with Crippen LogP contribution in [0.15, 0.2) is 194 Å². The molecule has 0 bridgehead atoms. The Balaban J connectivity index is 1.15. The molecule has 0 aliphatic rings. The minimum absolute atomic E-state index is 1.22. The maximum Gasteiger partial charge on any atom is -0.00262 e. The first kappa shape index (κ1) is 28.5. The van der Waals surface area contributed by atoms with Crippen molar-refractivity contribution >= 4 is 53.9 Å². The van der Waals surface area contributed by atoms with Crippen molar-refractivity contribution in [2.75, 3.05) is 0 Å². The van der Waals surface area contributed by atoms with Gasteiger partial charge in [-0.2, -0.15) is 0 Å². The lowest BCUT2D eigenvalue weighted by Gasteiger charge is -2.19. The van der Waals surface area contributed by atoms with Crippen molar-refractivity contribution in [3.63, 3.8) is 0 Å². The topological polar surface area (TPSA) is 0 Å². The van der Waals surface area contributed by atoms with Gasteiger partial charge in [-0.15, -0.1) is 0 Å². The average Bonchev–Trinajstić information content (AvgIpc) is 3.19.